The molecule has 0 amide bonds. The molecule has 0 unspecified atom stereocenters. The number of aromatic nitrogens is 1. The molecule has 1 heterocycles. The fraction of sp³-hybridized carbons (Fsp3) is 0.375. The lowest BCUT2D eigenvalue weighted by molar-refractivity contribution is 0.798. The molecule has 0 radical (unpaired) electrons. The fourth-order valence-electron chi connectivity index (χ4n) is 2.33. The maximum absolute atomic E-state index is 3.85. The summed E-state index contributed by atoms with van der Waals surface area (Å²) in [6, 6.07) is 6.76. The number of hydrogen-bond donors (Lipinski definition) is 2. The third kappa shape index (κ3) is 2.58. The van der Waals surface area contributed by atoms with E-state index in [2.05, 4.69) is 55.9 Å². The molecule has 0 spiro atoms. The Labute approximate surface area is 109 Å². The molecule has 2 aromatic rings. The van der Waals surface area contributed by atoms with E-state index in [1.54, 1.807) is 0 Å². The second kappa shape index (κ2) is 4.89. The Kier molecular flexibility index (Phi) is 3.46. The maximum Gasteiger partial charge on any atom is 0.0548 e. The smallest absolute Gasteiger partial charge is 0.0548 e. The summed E-state index contributed by atoms with van der Waals surface area (Å²) in [6.45, 7) is 13.3. The van der Waals surface area contributed by atoms with Gasteiger partial charge in [0.2, 0.25) is 0 Å². The number of H-pyrrole nitrogens is 1. The number of hydrogen-bond acceptors (Lipinski definition) is 1. The van der Waals surface area contributed by atoms with E-state index in [9.17, 15) is 0 Å². The highest BCUT2D eigenvalue weighted by Crippen LogP contribution is 2.25. The van der Waals surface area contributed by atoms with Crippen LogP contribution < -0.4 is 5.32 Å². The number of aryl methyl sites for hydroxylation is 1. The zero-order valence-corrected chi connectivity index (χ0v) is 11.7. The summed E-state index contributed by atoms with van der Waals surface area (Å²) < 4.78 is 0. The van der Waals surface area contributed by atoms with E-state index in [0.29, 0.717) is 5.92 Å². The first kappa shape index (κ1) is 12.7. The fourth-order valence-corrected chi connectivity index (χ4v) is 2.33. The average Bonchev–Trinajstić information content (AvgIpc) is 2.66. The molecule has 0 fully saturated rings. The topological polar surface area (TPSA) is 27.8 Å². The Morgan fingerprint density at radius 1 is 1.33 bits per heavy atom. The highest BCUT2D eigenvalue weighted by molar-refractivity contribution is 5.82. The number of fused-ring (bicyclic) bond motifs is 1. The van der Waals surface area contributed by atoms with Gasteiger partial charge in [0, 0.05) is 16.9 Å². The first-order valence-electron chi connectivity index (χ1n) is 6.49. The van der Waals surface area contributed by atoms with Crippen molar-refractivity contribution in [2.45, 2.75) is 40.2 Å². The van der Waals surface area contributed by atoms with Crippen LogP contribution in [0.3, 0.4) is 0 Å². The van der Waals surface area contributed by atoms with Gasteiger partial charge in [0.05, 0.1) is 6.54 Å². The zero-order valence-electron chi connectivity index (χ0n) is 11.7. The second-order valence-electron chi connectivity index (χ2n) is 5.38. The van der Waals surface area contributed by atoms with Crippen LogP contribution in [0.2, 0.25) is 0 Å². The summed E-state index contributed by atoms with van der Waals surface area (Å²) >= 11 is 0. The molecule has 0 aliphatic heterocycles. The molecule has 0 atom stereocenters. The van der Waals surface area contributed by atoms with Gasteiger partial charge >= 0.3 is 0 Å². The van der Waals surface area contributed by atoms with Crippen LogP contribution in [0.5, 0.6) is 0 Å². The van der Waals surface area contributed by atoms with E-state index >= 15 is 0 Å². The Hall–Kier alpha value is -1.70. The van der Waals surface area contributed by atoms with Crippen molar-refractivity contribution in [3.63, 3.8) is 0 Å². The molecule has 2 rings (SSSR count). The lowest BCUT2D eigenvalue weighted by Gasteiger charge is -2.09. The molecule has 18 heavy (non-hydrogen) atoms. The highest BCUT2D eigenvalue weighted by Gasteiger charge is 2.07. The molecule has 2 N–H and O–H groups in total. The Morgan fingerprint density at radius 3 is 2.67 bits per heavy atom. The van der Waals surface area contributed by atoms with Crippen molar-refractivity contribution in [2.24, 2.45) is 0 Å². The van der Waals surface area contributed by atoms with Crippen LogP contribution in [0.15, 0.2) is 30.5 Å². The summed E-state index contributed by atoms with van der Waals surface area (Å²) in [7, 11) is 0. The summed E-state index contributed by atoms with van der Waals surface area (Å²) in [5.74, 6) is 0.565. The number of rotatable bonds is 4. The molecule has 0 bridgehead atoms. The van der Waals surface area contributed by atoms with Gasteiger partial charge in [0.1, 0.15) is 0 Å². The Balaban J connectivity index is 2.36. The molecule has 1 aromatic carbocycles. The van der Waals surface area contributed by atoms with Crippen LogP contribution in [-0.4, -0.2) is 4.98 Å². The molecule has 96 valence electrons. The highest BCUT2D eigenvalue weighted by atomic mass is 14.9. The van der Waals surface area contributed by atoms with Crippen molar-refractivity contribution in [2.75, 3.05) is 0 Å². The van der Waals surface area contributed by atoms with Crippen molar-refractivity contribution >= 4 is 10.9 Å². The van der Waals surface area contributed by atoms with Crippen LogP contribution in [-0.2, 0) is 6.54 Å². The quantitative estimate of drug-likeness (QED) is 0.825. The van der Waals surface area contributed by atoms with Crippen LogP contribution in [0.25, 0.3) is 10.9 Å². The molecular formula is C16H22N2. The predicted molar refractivity (Wildman–Crippen MR) is 78.8 cm³/mol. The van der Waals surface area contributed by atoms with Gasteiger partial charge in [-0.15, -0.1) is 0 Å². The first-order chi connectivity index (χ1) is 8.47. The first-order valence-corrected chi connectivity index (χ1v) is 6.49. The van der Waals surface area contributed by atoms with Gasteiger partial charge in [0.15, 0.2) is 0 Å². The van der Waals surface area contributed by atoms with E-state index in [-0.39, 0.29) is 0 Å². The predicted octanol–water partition coefficient (Wildman–Crippen LogP) is 4.22. The van der Waals surface area contributed by atoms with Gasteiger partial charge in [0.25, 0.3) is 0 Å². The summed E-state index contributed by atoms with van der Waals surface area (Å²) in [5, 5.41) is 4.54. The Bertz CT molecular complexity index is 576. The van der Waals surface area contributed by atoms with E-state index in [4.69, 9.17) is 0 Å². The third-order valence-electron chi connectivity index (χ3n) is 3.27. The van der Waals surface area contributed by atoms with E-state index < -0.39 is 0 Å². The molecule has 1 aromatic heterocycles. The van der Waals surface area contributed by atoms with Crippen molar-refractivity contribution in [3.8, 4) is 0 Å². The second-order valence-corrected chi connectivity index (χ2v) is 5.38. The van der Waals surface area contributed by atoms with Crippen LogP contribution >= 0.6 is 0 Å². The van der Waals surface area contributed by atoms with Crippen molar-refractivity contribution in [1.82, 2.24) is 10.3 Å². The van der Waals surface area contributed by atoms with E-state index in [1.807, 2.05) is 6.92 Å². The summed E-state index contributed by atoms with van der Waals surface area (Å²) in [6.07, 6.45) is 0. The molecule has 0 saturated carbocycles. The summed E-state index contributed by atoms with van der Waals surface area (Å²) in [5.41, 5.74) is 6.21. The zero-order chi connectivity index (χ0) is 13.3. The molecule has 2 heteroatoms. The maximum atomic E-state index is 3.85. The van der Waals surface area contributed by atoms with Crippen molar-refractivity contribution < 1.29 is 0 Å². The minimum absolute atomic E-state index is 0.565. The van der Waals surface area contributed by atoms with Crippen LogP contribution in [0.1, 0.15) is 43.5 Å². The molecule has 0 saturated heterocycles. The largest absolute Gasteiger partial charge is 0.383 e. The van der Waals surface area contributed by atoms with Gasteiger partial charge in [-0.05, 0) is 54.5 Å². The van der Waals surface area contributed by atoms with E-state index in [0.717, 1.165) is 12.2 Å². The van der Waals surface area contributed by atoms with Gasteiger partial charge < -0.3 is 10.3 Å². The summed E-state index contributed by atoms with van der Waals surface area (Å²) in [4.78, 5) is 3.47. The number of aromatic amines is 1. The SMILES string of the molecule is C=C(C)NCc1cc2cc(C)c(C(C)C)cc2[nH]1. The van der Waals surface area contributed by atoms with Gasteiger partial charge in [-0.3, -0.25) is 0 Å². The Morgan fingerprint density at radius 2 is 2.06 bits per heavy atom. The van der Waals surface area contributed by atoms with Gasteiger partial charge in [-0.2, -0.15) is 0 Å². The van der Waals surface area contributed by atoms with Gasteiger partial charge in [-0.25, -0.2) is 0 Å². The number of nitrogens with one attached hydrogen (secondary N) is 2. The molecular weight excluding hydrogens is 220 g/mol. The molecule has 0 aliphatic carbocycles. The lowest BCUT2D eigenvalue weighted by Crippen LogP contribution is -2.09. The van der Waals surface area contributed by atoms with Gasteiger partial charge in [-0.1, -0.05) is 20.4 Å². The monoisotopic (exact) mass is 242 g/mol. The minimum Gasteiger partial charge on any atom is -0.383 e. The number of benzene rings is 1. The lowest BCUT2D eigenvalue weighted by atomic mass is 9.97. The molecule has 0 aliphatic rings. The number of allylic oxidation sites excluding steroid dienone is 1. The van der Waals surface area contributed by atoms with Crippen molar-refractivity contribution in [3.05, 3.63) is 47.3 Å². The minimum atomic E-state index is 0.565. The third-order valence-corrected chi connectivity index (χ3v) is 3.27. The van der Waals surface area contributed by atoms with Crippen LogP contribution in [0.4, 0.5) is 0 Å². The van der Waals surface area contributed by atoms with Crippen molar-refractivity contribution in [1.29, 1.82) is 0 Å². The molecule has 2 nitrogen and oxygen atoms in total. The average molecular weight is 242 g/mol. The van der Waals surface area contributed by atoms with Crippen LogP contribution in [0, 0.1) is 6.92 Å². The normalized spacial score (nSPS) is 11.2. The van der Waals surface area contributed by atoms with E-state index in [1.165, 1.54) is 27.7 Å². The standard InChI is InChI=1S/C16H22N2/c1-10(2)15-8-16-13(6-12(15)5)7-14(18-16)9-17-11(3)4/h6-8,10,17-18H,3,9H2,1-2,4-5H3.